The molecule has 0 saturated carbocycles. The number of benzene rings is 2. The van der Waals surface area contributed by atoms with Crippen LogP contribution in [0.5, 0.6) is 11.5 Å². The fourth-order valence-electron chi connectivity index (χ4n) is 2.13. The highest BCUT2D eigenvalue weighted by Gasteiger charge is 2.25. The Labute approximate surface area is 150 Å². The molecule has 0 aliphatic heterocycles. The molecule has 2 aromatic rings. The molecular weight excluding hydrogens is 353 g/mol. The highest BCUT2D eigenvalue weighted by Crippen LogP contribution is 2.33. The van der Waals surface area contributed by atoms with E-state index in [9.17, 15) is 9.90 Å². The number of hydrogen-bond acceptors (Lipinski definition) is 5. The molecule has 2 rings (SSSR count). The highest BCUT2D eigenvalue weighted by atomic mass is 35.5. The molecule has 0 aliphatic rings. The van der Waals surface area contributed by atoms with Crippen LogP contribution in [0.3, 0.4) is 0 Å². The molecule has 0 spiro atoms. The Kier molecular flexibility index (Phi) is 6.17. The molecule has 128 valence electrons. The minimum absolute atomic E-state index is 0.0542. The molecule has 0 aromatic heterocycles. The number of halogens is 2. The van der Waals surface area contributed by atoms with Crippen LogP contribution in [0.4, 0.5) is 5.69 Å². The number of nitrogens with one attached hydrogen (secondary N) is 1. The fraction of sp³-hybridized carbons (Fsp3) is 0.235. The summed E-state index contributed by atoms with van der Waals surface area (Å²) in [7, 11) is 1.50. The zero-order chi connectivity index (χ0) is 17.7. The van der Waals surface area contributed by atoms with Crippen LogP contribution in [0, 0.1) is 0 Å². The molecule has 0 bridgehead atoms. The summed E-state index contributed by atoms with van der Waals surface area (Å²) in [5.41, 5.74) is 0.892. The van der Waals surface area contributed by atoms with Crippen LogP contribution >= 0.6 is 23.2 Å². The normalized spacial score (nSPS) is 11.7. The lowest BCUT2D eigenvalue weighted by molar-refractivity contribution is -0.144. The maximum atomic E-state index is 12.4. The highest BCUT2D eigenvalue weighted by molar-refractivity contribution is 6.42. The van der Waals surface area contributed by atoms with E-state index in [-0.39, 0.29) is 12.4 Å². The van der Waals surface area contributed by atoms with Gasteiger partial charge < -0.3 is 19.9 Å². The van der Waals surface area contributed by atoms with Crippen molar-refractivity contribution < 1.29 is 19.4 Å². The van der Waals surface area contributed by atoms with Gasteiger partial charge in [-0.15, -0.1) is 0 Å². The molecule has 0 amide bonds. The van der Waals surface area contributed by atoms with Gasteiger partial charge >= 0.3 is 5.97 Å². The summed E-state index contributed by atoms with van der Waals surface area (Å²) < 4.78 is 10.3. The van der Waals surface area contributed by atoms with Crippen molar-refractivity contribution in [1.82, 2.24) is 0 Å². The van der Waals surface area contributed by atoms with E-state index < -0.39 is 12.0 Å². The molecule has 0 saturated heterocycles. The number of carbonyl (C=O) groups is 1. The van der Waals surface area contributed by atoms with E-state index >= 15 is 0 Å². The molecule has 1 unspecified atom stereocenters. The second kappa shape index (κ2) is 8.13. The van der Waals surface area contributed by atoms with E-state index in [0.29, 0.717) is 27.0 Å². The number of phenols is 1. The van der Waals surface area contributed by atoms with Crippen LogP contribution in [0.1, 0.15) is 18.5 Å². The van der Waals surface area contributed by atoms with Crippen LogP contribution in [0.15, 0.2) is 36.4 Å². The average molecular weight is 370 g/mol. The van der Waals surface area contributed by atoms with Gasteiger partial charge in [0.1, 0.15) is 11.5 Å². The van der Waals surface area contributed by atoms with Gasteiger partial charge in [-0.3, -0.25) is 0 Å². The Bertz CT molecular complexity index is 737. The SMILES string of the molecule is CCOC(=O)C(Nc1ccc(Cl)c(Cl)c1)c1cc(OC)ccc1O. The van der Waals surface area contributed by atoms with Gasteiger partial charge in [-0.05, 0) is 43.3 Å². The van der Waals surface area contributed by atoms with Gasteiger partial charge in [0.15, 0.2) is 6.04 Å². The molecule has 2 N–H and O–H groups in total. The van der Waals surface area contributed by atoms with Gasteiger partial charge in [-0.1, -0.05) is 23.2 Å². The summed E-state index contributed by atoms with van der Waals surface area (Å²) in [5, 5.41) is 13.9. The van der Waals surface area contributed by atoms with Crippen molar-refractivity contribution in [2.45, 2.75) is 13.0 Å². The summed E-state index contributed by atoms with van der Waals surface area (Å²) in [5.74, 6) is -0.0819. The van der Waals surface area contributed by atoms with Gasteiger partial charge in [0, 0.05) is 11.3 Å². The zero-order valence-corrected chi connectivity index (χ0v) is 14.7. The lowest BCUT2D eigenvalue weighted by Crippen LogP contribution is -2.23. The minimum atomic E-state index is -0.933. The second-order valence-corrected chi connectivity index (χ2v) is 5.70. The Morgan fingerprint density at radius 1 is 1.21 bits per heavy atom. The number of carbonyl (C=O) groups excluding carboxylic acids is 1. The number of anilines is 1. The van der Waals surface area contributed by atoms with Crippen molar-refractivity contribution in [1.29, 1.82) is 0 Å². The molecule has 5 nitrogen and oxygen atoms in total. The minimum Gasteiger partial charge on any atom is -0.508 e. The molecule has 0 radical (unpaired) electrons. The quantitative estimate of drug-likeness (QED) is 0.737. The maximum Gasteiger partial charge on any atom is 0.333 e. The third-order valence-corrected chi connectivity index (χ3v) is 4.04. The van der Waals surface area contributed by atoms with Crippen molar-refractivity contribution >= 4 is 34.9 Å². The summed E-state index contributed by atoms with van der Waals surface area (Å²) in [4.78, 5) is 12.4. The van der Waals surface area contributed by atoms with Gasteiger partial charge in [0.25, 0.3) is 0 Å². The molecule has 0 heterocycles. The van der Waals surface area contributed by atoms with Crippen LogP contribution in [-0.2, 0) is 9.53 Å². The number of esters is 1. The number of methoxy groups -OCH3 is 1. The topological polar surface area (TPSA) is 67.8 Å². The maximum absolute atomic E-state index is 12.4. The number of ether oxygens (including phenoxy) is 2. The predicted molar refractivity (Wildman–Crippen MR) is 94.1 cm³/mol. The molecule has 0 fully saturated rings. The van der Waals surface area contributed by atoms with E-state index in [1.807, 2.05) is 0 Å². The van der Waals surface area contributed by atoms with Crippen LogP contribution < -0.4 is 10.1 Å². The first kappa shape index (κ1) is 18.2. The van der Waals surface area contributed by atoms with Crippen molar-refractivity contribution in [3.63, 3.8) is 0 Å². The number of aromatic hydroxyl groups is 1. The molecule has 1 atom stereocenters. The second-order valence-electron chi connectivity index (χ2n) is 4.88. The van der Waals surface area contributed by atoms with E-state index in [2.05, 4.69) is 5.32 Å². The predicted octanol–water partition coefficient (Wildman–Crippen LogP) is 4.42. The monoisotopic (exact) mass is 369 g/mol. The molecule has 2 aromatic carbocycles. The Hall–Kier alpha value is -2.11. The van der Waals surface area contributed by atoms with Gasteiger partial charge in [-0.2, -0.15) is 0 Å². The average Bonchev–Trinajstić information content (AvgIpc) is 2.57. The first-order chi connectivity index (χ1) is 11.5. The van der Waals surface area contributed by atoms with E-state index in [1.165, 1.54) is 13.2 Å². The van der Waals surface area contributed by atoms with E-state index in [1.54, 1.807) is 37.3 Å². The third kappa shape index (κ3) is 4.24. The van der Waals surface area contributed by atoms with E-state index in [0.717, 1.165) is 0 Å². The van der Waals surface area contributed by atoms with Crippen molar-refractivity contribution in [3.8, 4) is 11.5 Å². The lowest BCUT2D eigenvalue weighted by atomic mass is 10.0. The fourth-order valence-corrected chi connectivity index (χ4v) is 2.43. The Balaban J connectivity index is 2.41. The van der Waals surface area contributed by atoms with Crippen LogP contribution in [0.2, 0.25) is 10.0 Å². The molecule has 7 heteroatoms. The molecule has 0 aliphatic carbocycles. The van der Waals surface area contributed by atoms with Crippen molar-refractivity contribution in [2.24, 2.45) is 0 Å². The molecule has 24 heavy (non-hydrogen) atoms. The summed E-state index contributed by atoms with van der Waals surface area (Å²) >= 11 is 11.9. The van der Waals surface area contributed by atoms with E-state index in [4.69, 9.17) is 32.7 Å². The summed E-state index contributed by atoms with van der Waals surface area (Å²) in [6.07, 6.45) is 0. The summed E-state index contributed by atoms with van der Waals surface area (Å²) in [6.45, 7) is 1.92. The summed E-state index contributed by atoms with van der Waals surface area (Å²) in [6, 6.07) is 8.57. The first-order valence-corrected chi connectivity index (χ1v) is 7.97. The number of rotatable bonds is 6. The smallest absolute Gasteiger partial charge is 0.333 e. The van der Waals surface area contributed by atoms with Gasteiger partial charge in [-0.25, -0.2) is 4.79 Å². The first-order valence-electron chi connectivity index (χ1n) is 7.21. The third-order valence-electron chi connectivity index (χ3n) is 3.30. The molecular formula is C17H17Cl2NO4. The zero-order valence-electron chi connectivity index (χ0n) is 13.2. The van der Waals surface area contributed by atoms with Crippen molar-refractivity contribution in [3.05, 3.63) is 52.0 Å². The lowest BCUT2D eigenvalue weighted by Gasteiger charge is -2.20. The van der Waals surface area contributed by atoms with Crippen LogP contribution in [0.25, 0.3) is 0 Å². The van der Waals surface area contributed by atoms with Gasteiger partial charge in [0.05, 0.1) is 23.8 Å². The Morgan fingerprint density at radius 3 is 2.58 bits per heavy atom. The Morgan fingerprint density at radius 2 is 1.96 bits per heavy atom. The number of phenolic OH excluding ortho intramolecular Hbond substituents is 1. The van der Waals surface area contributed by atoms with Crippen LogP contribution in [-0.4, -0.2) is 24.8 Å². The standard InChI is InChI=1S/C17H17Cl2NO4/c1-3-24-17(22)16(12-9-11(23-2)5-7-15(12)21)20-10-4-6-13(18)14(19)8-10/h4-9,16,20-21H,3H2,1-2H3. The largest absolute Gasteiger partial charge is 0.508 e. The number of hydrogen-bond donors (Lipinski definition) is 2. The van der Waals surface area contributed by atoms with Gasteiger partial charge in [0.2, 0.25) is 0 Å². The van der Waals surface area contributed by atoms with Crippen molar-refractivity contribution in [2.75, 3.05) is 19.0 Å².